The van der Waals surface area contributed by atoms with E-state index in [9.17, 15) is 8.78 Å². The van der Waals surface area contributed by atoms with Gasteiger partial charge >= 0.3 is 0 Å². The second-order valence-corrected chi connectivity index (χ2v) is 5.02. The lowest BCUT2D eigenvalue weighted by molar-refractivity contribution is 0.0125. The van der Waals surface area contributed by atoms with Gasteiger partial charge in [0.1, 0.15) is 11.5 Å². The summed E-state index contributed by atoms with van der Waals surface area (Å²) in [6.07, 6.45) is 5.96. The van der Waals surface area contributed by atoms with E-state index in [1.165, 1.54) is 19.0 Å². The lowest BCUT2D eigenvalue weighted by Crippen LogP contribution is -2.25. The summed E-state index contributed by atoms with van der Waals surface area (Å²) >= 11 is 5.79. The summed E-state index contributed by atoms with van der Waals surface area (Å²) in [5.41, 5.74) is -0.456. The van der Waals surface area contributed by atoms with E-state index in [2.05, 4.69) is 14.9 Å². The Labute approximate surface area is 110 Å². The SMILES string of the molecule is CC(F)(F)c1ncc(N2CCCCCC2)nc1Cl. The van der Waals surface area contributed by atoms with E-state index in [1.807, 2.05) is 0 Å². The van der Waals surface area contributed by atoms with E-state index in [-0.39, 0.29) is 5.15 Å². The Morgan fingerprint density at radius 3 is 2.33 bits per heavy atom. The zero-order chi connectivity index (χ0) is 13.2. The van der Waals surface area contributed by atoms with Crippen LogP contribution in [0.3, 0.4) is 0 Å². The Hall–Kier alpha value is -0.970. The smallest absolute Gasteiger partial charge is 0.290 e. The van der Waals surface area contributed by atoms with Crippen LogP contribution < -0.4 is 4.90 Å². The minimum absolute atomic E-state index is 0.204. The molecule has 0 atom stereocenters. The van der Waals surface area contributed by atoms with E-state index >= 15 is 0 Å². The molecule has 18 heavy (non-hydrogen) atoms. The van der Waals surface area contributed by atoms with Crippen molar-refractivity contribution in [1.82, 2.24) is 9.97 Å². The summed E-state index contributed by atoms with van der Waals surface area (Å²) in [4.78, 5) is 9.88. The van der Waals surface area contributed by atoms with Crippen LogP contribution in [-0.2, 0) is 5.92 Å². The highest BCUT2D eigenvalue weighted by Crippen LogP contribution is 2.31. The predicted octanol–water partition coefficient (Wildman–Crippen LogP) is 3.62. The number of alkyl halides is 2. The summed E-state index contributed by atoms with van der Waals surface area (Å²) in [5.74, 6) is -2.46. The van der Waals surface area contributed by atoms with E-state index in [4.69, 9.17) is 11.6 Å². The molecule has 2 rings (SSSR count). The van der Waals surface area contributed by atoms with Crippen LogP contribution in [-0.4, -0.2) is 23.1 Å². The molecule has 0 saturated carbocycles. The molecule has 0 spiro atoms. The molecule has 0 amide bonds. The molecular weight excluding hydrogens is 260 g/mol. The largest absolute Gasteiger partial charge is 0.355 e. The predicted molar refractivity (Wildman–Crippen MR) is 67.3 cm³/mol. The van der Waals surface area contributed by atoms with Crippen molar-refractivity contribution in [3.8, 4) is 0 Å². The highest BCUT2D eigenvalue weighted by atomic mass is 35.5. The number of hydrogen-bond acceptors (Lipinski definition) is 3. The Balaban J connectivity index is 2.22. The summed E-state index contributed by atoms with van der Waals surface area (Å²) in [7, 11) is 0. The van der Waals surface area contributed by atoms with Crippen LogP contribution in [0.15, 0.2) is 6.20 Å². The molecule has 1 saturated heterocycles. The fourth-order valence-corrected chi connectivity index (χ4v) is 2.41. The molecule has 100 valence electrons. The number of halogens is 3. The number of anilines is 1. The second-order valence-electron chi connectivity index (χ2n) is 4.66. The number of hydrogen-bond donors (Lipinski definition) is 0. The van der Waals surface area contributed by atoms with Gasteiger partial charge in [-0.05, 0) is 12.8 Å². The molecule has 0 bridgehead atoms. The fourth-order valence-electron chi connectivity index (χ4n) is 2.10. The maximum Gasteiger partial charge on any atom is 0.290 e. The van der Waals surface area contributed by atoms with Gasteiger partial charge in [0.05, 0.1) is 6.20 Å². The number of nitrogens with zero attached hydrogens (tertiary/aromatic N) is 3. The molecular formula is C12H16ClF2N3. The molecule has 2 heterocycles. The van der Waals surface area contributed by atoms with Crippen LogP contribution in [0.5, 0.6) is 0 Å². The van der Waals surface area contributed by atoms with Crippen LogP contribution in [0.1, 0.15) is 38.3 Å². The van der Waals surface area contributed by atoms with Crippen LogP contribution in [0.4, 0.5) is 14.6 Å². The summed E-state index contributed by atoms with van der Waals surface area (Å²) in [5, 5.41) is -0.204. The standard InChI is InChI=1S/C12H16ClF2N3/c1-12(14,15)10-11(13)17-9(8-16-10)18-6-4-2-3-5-7-18/h8H,2-7H2,1H3. The first-order valence-corrected chi connectivity index (χ1v) is 6.52. The highest BCUT2D eigenvalue weighted by molar-refractivity contribution is 6.30. The molecule has 1 fully saturated rings. The van der Waals surface area contributed by atoms with Crippen LogP contribution in [0.25, 0.3) is 0 Å². The lowest BCUT2D eigenvalue weighted by Gasteiger charge is -2.22. The zero-order valence-corrected chi connectivity index (χ0v) is 11.1. The highest BCUT2D eigenvalue weighted by Gasteiger charge is 2.30. The normalized spacial score (nSPS) is 17.7. The monoisotopic (exact) mass is 275 g/mol. The van der Waals surface area contributed by atoms with E-state index < -0.39 is 11.6 Å². The number of rotatable bonds is 2. The van der Waals surface area contributed by atoms with Crippen LogP contribution in [0, 0.1) is 0 Å². The van der Waals surface area contributed by atoms with Gasteiger partial charge < -0.3 is 4.90 Å². The molecule has 0 unspecified atom stereocenters. The molecule has 0 N–H and O–H groups in total. The van der Waals surface area contributed by atoms with Gasteiger partial charge in [0.25, 0.3) is 5.92 Å². The minimum Gasteiger partial charge on any atom is -0.355 e. The third-order valence-electron chi connectivity index (χ3n) is 3.06. The van der Waals surface area contributed by atoms with Gasteiger partial charge in [-0.15, -0.1) is 0 Å². The van der Waals surface area contributed by atoms with E-state index in [0.717, 1.165) is 32.9 Å². The summed E-state index contributed by atoms with van der Waals surface area (Å²) in [6.45, 7) is 2.54. The lowest BCUT2D eigenvalue weighted by atomic mass is 10.2. The molecule has 6 heteroatoms. The van der Waals surface area contributed by atoms with Crippen LogP contribution >= 0.6 is 11.6 Å². The van der Waals surface area contributed by atoms with Gasteiger partial charge in [-0.1, -0.05) is 24.4 Å². The molecule has 0 aliphatic carbocycles. The topological polar surface area (TPSA) is 29.0 Å². The Bertz CT molecular complexity index is 412. The van der Waals surface area contributed by atoms with E-state index in [0.29, 0.717) is 5.82 Å². The molecule has 1 aliphatic heterocycles. The van der Waals surface area contributed by atoms with Crippen molar-refractivity contribution in [2.24, 2.45) is 0 Å². The third-order valence-corrected chi connectivity index (χ3v) is 3.33. The molecule has 1 aliphatic rings. The van der Waals surface area contributed by atoms with Crippen molar-refractivity contribution in [2.45, 2.75) is 38.5 Å². The summed E-state index contributed by atoms with van der Waals surface area (Å²) < 4.78 is 26.3. The second kappa shape index (κ2) is 5.34. The average molecular weight is 276 g/mol. The molecule has 3 nitrogen and oxygen atoms in total. The first-order chi connectivity index (χ1) is 8.48. The van der Waals surface area contributed by atoms with Crippen molar-refractivity contribution in [3.63, 3.8) is 0 Å². The van der Waals surface area contributed by atoms with Crippen molar-refractivity contribution in [3.05, 3.63) is 17.0 Å². The first kappa shape index (κ1) is 13.5. The molecule has 1 aromatic rings. The van der Waals surface area contributed by atoms with E-state index in [1.54, 1.807) is 0 Å². The van der Waals surface area contributed by atoms with Gasteiger partial charge in [0.2, 0.25) is 0 Å². The minimum atomic E-state index is -3.05. The molecule has 0 radical (unpaired) electrons. The van der Waals surface area contributed by atoms with Crippen LogP contribution in [0.2, 0.25) is 5.15 Å². The van der Waals surface area contributed by atoms with Gasteiger partial charge in [-0.25, -0.2) is 9.97 Å². The van der Waals surface area contributed by atoms with Gasteiger partial charge in [-0.2, -0.15) is 8.78 Å². The zero-order valence-electron chi connectivity index (χ0n) is 10.3. The molecule has 1 aromatic heterocycles. The third kappa shape index (κ3) is 3.07. The maximum absolute atomic E-state index is 13.2. The molecule has 0 aromatic carbocycles. The van der Waals surface area contributed by atoms with Gasteiger partial charge in [0, 0.05) is 20.0 Å². The van der Waals surface area contributed by atoms with Crippen molar-refractivity contribution in [2.75, 3.05) is 18.0 Å². The Morgan fingerprint density at radius 1 is 1.22 bits per heavy atom. The van der Waals surface area contributed by atoms with Crippen molar-refractivity contribution >= 4 is 17.4 Å². The van der Waals surface area contributed by atoms with Gasteiger partial charge in [0.15, 0.2) is 5.15 Å². The Kier molecular flexibility index (Phi) is 4.00. The maximum atomic E-state index is 13.2. The Morgan fingerprint density at radius 2 is 1.83 bits per heavy atom. The first-order valence-electron chi connectivity index (χ1n) is 6.14. The van der Waals surface area contributed by atoms with Gasteiger partial charge in [-0.3, -0.25) is 0 Å². The number of aromatic nitrogens is 2. The van der Waals surface area contributed by atoms with Crippen molar-refractivity contribution < 1.29 is 8.78 Å². The quantitative estimate of drug-likeness (QED) is 0.825. The fraction of sp³-hybridized carbons (Fsp3) is 0.667. The van der Waals surface area contributed by atoms with Crippen molar-refractivity contribution in [1.29, 1.82) is 0 Å². The summed E-state index contributed by atoms with van der Waals surface area (Å²) in [6, 6.07) is 0. The average Bonchev–Trinajstić information content (AvgIpc) is 2.55.